The van der Waals surface area contributed by atoms with Gasteiger partial charge in [-0.1, -0.05) is 0 Å². The molecular formula is C10H19N3OS. The number of carbonyl (C=O) groups excluding carboxylic acids is 1. The van der Waals surface area contributed by atoms with Gasteiger partial charge in [0, 0.05) is 12.6 Å². The predicted molar refractivity (Wildman–Crippen MR) is 63.0 cm³/mol. The number of rotatable bonds is 2. The van der Waals surface area contributed by atoms with E-state index in [1.165, 1.54) is 18.6 Å². The van der Waals surface area contributed by atoms with Crippen LogP contribution in [0.1, 0.15) is 25.7 Å². The normalized spacial score (nSPS) is 31.2. The monoisotopic (exact) mass is 229 g/mol. The van der Waals surface area contributed by atoms with Crippen LogP contribution in [-0.2, 0) is 0 Å². The molecule has 15 heavy (non-hydrogen) atoms. The van der Waals surface area contributed by atoms with Crippen LogP contribution in [0.5, 0.6) is 0 Å². The van der Waals surface area contributed by atoms with Gasteiger partial charge in [-0.15, -0.1) is 11.8 Å². The molecule has 2 unspecified atom stereocenters. The first-order chi connectivity index (χ1) is 7.34. The molecule has 0 bridgehead atoms. The highest BCUT2D eigenvalue weighted by molar-refractivity contribution is 7.99. The van der Waals surface area contributed by atoms with Crippen LogP contribution in [-0.4, -0.2) is 36.3 Å². The van der Waals surface area contributed by atoms with E-state index in [1.54, 1.807) is 0 Å². The van der Waals surface area contributed by atoms with Gasteiger partial charge in [0.15, 0.2) is 0 Å². The van der Waals surface area contributed by atoms with Crippen LogP contribution in [0.4, 0.5) is 4.79 Å². The second-order valence-electron chi connectivity index (χ2n) is 4.16. The van der Waals surface area contributed by atoms with Gasteiger partial charge in [-0.25, -0.2) is 4.79 Å². The van der Waals surface area contributed by atoms with E-state index < -0.39 is 0 Å². The number of carbonyl (C=O) groups is 1. The molecule has 2 fully saturated rings. The van der Waals surface area contributed by atoms with Crippen molar-refractivity contribution in [1.29, 1.82) is 0 Å². The van der Waals surface area contributed by atoms with Crippen molar-refractivity contribution in [1.82, 2.24) is 16.0 Å². The average molecular weight is 229 g/mol. The highest BCUT2D eigenvalue weighted by Crippen LogP contribution is 2.22. The van der Waals surface area contributed by atoms with E-state index in [1.807, 2.05) is 11.8 Å². The molecule has 0 radical (unpaired) electrons. The number of amides is 2. The van der Waals surface area contributed by atoms with E-state index in [0.29, 0.717) is 11.4 Å². The SMILES string of the molecule is O=C(NC1CCNC1)NC1CCCCS1. The molecule has 0 aromatic rings. The van der Waals surface area contributed by atoms with Gasteiger partial charge >= 0.3 is 6.03 Å². The van der Waals surface area contributed by atoms with Crippen molar-refractivity contribution in [3.8, 4) is 0 Å². The lowest BCUT2D eigenvalue weighted by Gasteiger charge is -2.23. The Bertz CT molecular complexity index is 213. The highest BCUT2D eigenvalue weighted by atomic mass is 32.2. The number of thioether (sulfide) groups is 1. The van der Waals surface area contributed by atoms with E-state index >= 15 is 0 Å². The summed E-state index contributed by atoms with van der Waals surface area (Å²) in [5.41, 5.74) is 0. The largest absolute Gasteiger partial charge is 0.334 e. The minimum absolute atomic E-state index is 0.00287. The number of hydrogen-bond donors (Lipinski definition) is 3. The average Bonchev–Trinajstić information content (AvgIpc) is 2.71. The molecule has 2 heterocycles. The summed E-state index contributed by atoms with van der Waals surface area (Å²) in [5.74, 6) is 1.18. The predicted octanol–water partition coefficient (Wildman–Crippen LogP) is 0.891. The van der Waals surface area contributed by atoms with E-state index in [-0.39, 0.29) is 6.03 Å². The first kappa shape index (κ1) is 11.1. The number of nitrogens with one attached hydrogen (secondary N) is 3. The van der Waals surface area contributed by atoms with Crippen molar-refractivity contribution in [2.75, 3.05) is 18.8 Å². The smallest absolute Gasteiger partial charge is 0.315 e. The fourth-order valence-corrected chi connectivity index (χ4v) is 3.18. The Morgan fingerprint density at radius 3 is 2.87 bits per heavy atom. The fourth-order valence-electron chi connectivity index (χ4n) is 2.01. The molecule has 0 aromatic carbocycles. The quantitative estimate of drug-likeness (QED) is 0.659. The van der Waals surface area contributed by atoms with Crippen LogP contribution in [0.15, 0.2) is 0 Å². The summed E-state index contributed by atoms with van der Waals surface area (Å²) >= 11 is 1.86. The Balaban J connectivity index is 1.66. The first-order valence-corrected chi connectivity index (χ1v) is 6.79. The minimum Gasteiger partial charge on any atom is -0.334 e. The fraction of sp³-hybridized carbons (Fsp3) is 0.900. The molecule has 0 spiro atoms. The number of urea groups is 1. The summed E-state index contributed by atoms with van der Waals surface area (Å²) in [6, 6.07) is 0.321. The van der Waals surface area contributed by atoms with Crippen LogP contribution in [0.3, 0.4) is 0 Å². The van der Waals surface area contributed by atoms with E-state index in [4.69, 9.17) is 0 Å². The van der Waals surface area contributed by atoms with E-state index in [0.717, 1.165) is 25.9 Å². The van der Waals surface area contributed by atoms with Crippen LogP contribution >= 0.6 is 11.8 Å². The van der Waals surface area contributed by atoms with Crippen LogP contribution in [0, 0.1) is 0 Å². The zero-order valence-electron chi connectivity index (χ0n) is 8.92. The summed E-state index contributed by atoms with van der Waals surface area (Å²) in [6.07, 6.45) is 4.69. The maximum atomic E-state index is 11.6. The molecule has 0 saturated carbocycles. The summed E-state index contributed by atoms with van der Waals surface area (Å²) in [5, 5.41) is 9.59. The molecule has 2 amide bonds. The van der Waals surface area contributed by atoms with E-state index in [2.05, 4.69) is 16.0 Å². The van der Waals surface area contributed by atoms with Crippen molar-refractivity contribution in [3.63, 3.8) is 0 Å². The van der Waals surface area contributed by atoms with Crippen molar-refractivity contribution in [3.05, 3.63) is 0 Å². The second kappa shape index (κ2) is 5.61. The Kier molecular flexibility index (Phi) is 4.14. The molecule has 0 aliphatic carbocycles. The molecule has 2 aliphatic heterocycles. The van der Waals surface area contributed by atoms with Crippen molar-refractivity contribution in [2.45, 2.75) is 37.1 Å². The molecule has 5 heteroatoms. The molecule has 86 valence electrons. The number of hydrogen-bond acceptors (Lipinski definition) is 3. The summed E-state index contributed by atoms with van der Waals surface area (Å²) in [6.45, 7) is 1.92. The third-order valence-corrected chi connectivity index (χ3v) is 4.15. The molecule has 0 aromatic heterocycles. The molecule has 2 aliphatic rings. The molecule has 4 nitrogen and oxygen atoms in total. The van der Waals surface area contributed by atoms with Gasteiger partial charge in [-0.2, -0.15) is 0 Å². The molecule has 2 rings (SSSR count). The van der Waals surface area contributed by atoms with Crippen molar-refractivity contribution < 1.29 is 4.79 Å². The Morgan fingerprint density at radius 1 is 1.27 bits per heavy atom. The van der Waals surface area contributed by atoms with Gasteiger partial charge in [0.2, 0.25) is 0 Å². The topological polar surface area (TPSA) is 53.2 Å². The molecule has 3 N–H and O–H groups in total. The summed E-state index contributed by atoms with van der Waals surface area (Å²) in [7, 11) is 0. The van der Waals surface area contributed by atoms with Gasteiger partial charge in [0.05, 0.1) is 5.37 Å². The van der Waals surface area contributed by atoms with Gasteiger partial charge in [0.1, 0.15) is 0 Å². The van der Waals surface area contributed by atoms with Crippen LogP contribution in [0.2, 0.25) is 0 Å². The first-order valence-electron chi connectivity index (χ1n) is 5.74. The maximum Gasteiger partial charge on any atom is 0.315 e. The van der Waals surface area contributed by atoms with Crippen LogP contribution < -0.4 is 16.0 Å². The third kappa shape index (κ3) is 3.57. The highest BCUT2D eigenvalue weighted by Gasteiger charge is 2.19. The van der Waals surface area contributed by atoms with Crippen molar-refractivity contribution in [2.24, 2.45) is 0 Å². The molecular weight excluding hydrogens is 210 g/mol. The Hall–Kier alpha value is -0.420. The van der Waals surface area contributed by atoms with Gasteiger partial charge in [-0.05, 0) is 38.0 Å². The maximum absolute atomic E-state index is 11.6. The summed E-state index contributed by atoms with van der Waals surface area (Å²) < 4.78 is 0. The zero-order chi connectivity index (χ0) is 10.5. The molecule has 2 saturated heterocycles. The lowest BCUT2D eigenvalue weighted by molar-refractivity contribution is 0.236. The zero-order valence-corrected chi connectivity index (χ0v) is 9.74. The minimum atomic E-state index is 0.00287. The molecule has 2 atom stereocenters. The lowest BCUT2D eigenvalue weighted by atomic mass is 10.2. The Morgan fingerprint density at radius 2 is 2.20 bits per heavy atom. The standard InChI is InChI=1S/C10H19N3OS/c14-10(12-8-4-5-11-7-8)13-9-3-1-2-6-15-9/h8-9,11H,1-7H2,(H2,12,13,14). The second-order valence-corrected chi connectivity index (χ2v) is 5.47. The van der Waals surface area contributed by atoms with Gasteiger partial charge in [-0.3, -0.25) is 0 Å². The van der Waals surface area contributed by atoms with Gasteiger partial charge < -0.3 is 16.0 Å². The lowest BCUT2D eigenvalue weighted by Crippen LogP contribution is -2.46. The van der Waals surface area contributed by atoms with Crippen molar-refractivity contribution >= 4 is 17.8 Å². The Labute approximate surface area is 94.9 Å². The van der Waals surface area contributed by atoms with E-state index in [9.17, 15) is 4.79 Å². The summed E-state index contributed by atoms with van der Waals surface area (Å²) in [4.78, 5) is 11.6. The van der Waals surface area contributed by atoms with Crippen LogP contribution in [0.25, 0.3) is 0 Å². The third-order valence-electron chi connectivity index (χ3n) is 2.87. The van der Waals surface area contributed by atoms with Gasteiger partial charge in [0.25, 0.3) is 0 Å².